The molecule has 0 saturated heterocycles. The zero-order chi connectivity index (χ0) is 14.1. The second kappa shape index (κ2) is 8.70. The fraction of sp³-hybridized carbons (Fsp3) is 0.533. The van der Waals surface area contributed by atoms with Gasteiger partial charge in [-0.15, -0.1) is 0 Å². The van der Waals surface area contributed by atoms with E-state index < -0.39 is 6.04 Å². The largest absolute Gasteiger partial charge is 0.325 e. The van der Waals surface area contributed by atoms with Crippen LogP contribution in [0.25, 0.3) is 0 Å². The first kappa shape index (κ1) is 16.6. The van der Waals surface area contributed by atoms with E-state index >= 15 is 0 Å². The highest BCUT2D eigenvalue weighted by Gasteiger charge is 2.16. The van der Waals surface area contributed by atoms with Gasteiger partial charge in [0.2, 0.25) is 5.91 Å². The van der Waals surface area contributed by atoms with Crippen molar-refractivity contribution in [3.63, 3.8) is 0 Å². The Morgan fingerprint density at radius 3 is 2.11 bits per heavy atom. The van der Waals surface area contributed by atoms with E-state index in [0.717, 1.165) is 12.1 Å². The number of rotatable bonds is 4. The summed E-state index contributed by atoms with van der Waals surface area (Å²) in [5, 5.41) is 2.81. The molecule has 0 spiro atoms. The van der Waals surface area contributed by atoms with Crippen LogP contribution < -0.4 is 11.1 Å². The Kier molecular flexibility index (Phi) is 8.05. The first-order valence-corrected chi connectivity index (χ1v) is 6.70. The highest BCUT2D eigenvalue weighted by molar-refractivity contribution is 5.94. The fourth-order valence-corrected chi connectivity index (χ4v) is 1.35. The molecule has 1 amide bonds. The minimum absolute atomic E-state index is 0.126. The number of amides is 1. The number of hydrogen-bond acceptors (Lipinski definition) is 2. The number of nitrogens with one attached hydrogen (secondary N) is 1. The molecule has 0 heterocycles. The van der Waals surface area contributed by atoms with E-state index in [1.54, 1.807) is 0 Å². The Hall–Kier alpha value is -1.35. The molecule has 0 aliphatic heterocycles. The predicted octanol–water partition coefficient (Wildman–Crippen LogP) is 3.20. The van der Waals surface area contributed by atoms with Crippen molar-refractivity contribution in [1.29, 1.82) is 0 Å². The molecule has 0 bridgehead atoms. The smallest absolute Gasteiger partial charge is 0.241 e. The van der Waals surface area contributed by atoms with Crippen molar-refractivity contribution in [2.75, 3.05) is 5.32 Å². The summed E-state index contributed by atoms with van der Waals surface area (Å²) in [5.41, 5.74) is 7.81. The number of hydrogen-bond donors (Lipinski definition) is 2. The molecule has 3 nitrogen and oxygen atoms in total. The molecule has 0 aliphatic rings. The summed E-state index contributed by atoms with van der Waals surface area (Å²) in [6.45, 7) is 9.97. The summed E-state index contributed by atoms with van der Waals surface area (Å²) in [6.07, 6.45) is 1.000. The van der Waals surface area contributed by atoms with Gasteiger partial charge >= 0.3 is 0 Å². The standard InChI is InChI=1S/C13H20N2O.C2H6/c1-4-10-5-7-11(8-6-10)15-13(16)12(14)9(2)3;1-2/h5-9,12H,4,14H2,1-3H3,(H,15,16);1-2H3. The van der Waals surface area contributed by atoms with Gasteiger partial charge in [-0.05, 0) is 30.0 Å². The molecule has 0 radical (unpaired) electrons. The molecule has 1 aromatic rings. The van der Waals surface area contributed by atoms with Crippen molar-refractivity contribution in [3.8, 4) is 0 Å². The minimum atomic E-state index is -0.453. The van der Waals surface area contributed by atoms with Gasteiger partial charge in [0.1, 0.15) is 0 Å². The summed E-state index contributed by atoms with van der Waals surface area (Å²) >= 11 is 0. The van der Waals surface area contributed by atoms with Gasteiger partial charge in [0.05, 0.1) is 6.04 Å². The summed E-state index contributed by atoms with van der Waals surface area (Å²) < 4.78 is 0. The van der Waals surface area contributed by atoms with Crippen LogP contribution in [-0.4, -0.2) is 11.9 Å². The number of anilines is 1. The van der Waals surface area contributed by atoms with Crippen LogP contribution in [-0.2, 0) is 11.2 Å². The van der Waals surface area contributed by atoms with Gasteiger partial charge in [0.15, 0.2) is 0 Å². The van der Waals surface area contributed by atoms with Crippen molar-refractivity contribution in [1.82, 2.24) is 0 Å². The van der Waals surface area contributed by atoms with Crippen LogP contribution in [0.1, 0.15) is 40.2 Å². The van der Waals surface area contributed by atoms with Crippen LogP contribution in [0.3, 0.4) is 0 Å². The van der Waals surface area contributed by atoms with Crippen LogP contribution in [0.15, 0.2) is 24.3 Å². The quantitative estimate of drug-likeness (QED) is 0.862. The molecule has 102 valence electrons. The maximum Gasteiger partial charge on any atom is 0.241 e. The van der Waals surface area contributed by atoms with E-state index in [0.29, 0.717) is 0 Å². The Bertz CT molecular complexity index is 344. The van der Waals surface area contributed by atoms with Crippen molar-refractivity contribution >= 4 is 11.6 Å². The van der Waals surface area contributed by atoms with Crippen LogP contribution in [0, 0.1) is 5.92 Å². The average molecular weight is 250 g/mol. The molecule has 1 unspecified atom stereocenters. The third-order valence-corrected chi connectivity index (χ3v) is 2.65. The zero-order valence-corrected chi connectivity index (χ0v) is 12.2. The monoisotopic (exact) mass is 250 g/mol. The van der Waals surface area contributed by atoms with Gasteiger partial charge in [-0.3, -0.25) is 4.79 Å². The number of aryl methyl sites for hydroxylation is 1. The summed E-state index contributed by atoms with van der Waals surface area (Å²) in [5.74, 6) is 0.0224. The van der Waals surface area contributed by atoms with E-state index in [2.05, 4.69) is 12.2 Å². The Balaban J connectivity index is 0.00000137. The Morgan fingerprint density at radius 1 is 1.22 bits per heavy atom. The molecule has 1 rings (SSSR count). The first-order chi connectivity index (χ1) is 8.54. The van der Waals surface area contributed by atoms with Crippen molar-refractivity contribution in [2.45, 2.75) is 47.1 Å². The van der Waals surface area contributed by atoms with Gasteiger partial charge in [-0.1, -0.05) is 46.8 Å². The minimum Gasteiger partial charge on any atom is -0.325 e. The van der Waals surface area contributed by atoms with Gasteiger partial charge < -0.3 is 11.1 Å². The van der Waals surface area contributed by atoms with Crippen LogP contribution in [0.4, 0.5) is 5.69 Å². The zero-order valence-electron chi connectivity index (χ0n) is 12.2. The lowest BCUT2D eigenvalue weighted by atomic mass is 10.0. The molecule has 0 aromatic heterocycles. The Labute approximate surface area is 111 Å². The maximum absolute atomic E-state index is 11.7. The molecule has 3 N–H and O–H groups in total. The molecule has 0 fully saturated rings. The van der Waals surface area contributed by atoms with E-state index in [4.69, 9.17) is 5.73 Å². The van der Waals surface area contributed by atoms with Crippen molar-refractivity contribution in [3.05, 3.63) is 29.8 Å². The maximum atomic E-state index is 11.7. The lowest BCUT2D eigenvalue weighted by Gasteiger charge is -2.15. The average Bonchev–Trinajstić information content (AvgIpc) is 2.40. The summed E-state index contributed by atoms with van der Waals surface area (Å²) in [4.78, 5) is 11.7. The second-order valence-electron chi connectivity index (χ2n) is 4.31. The lowest BCUT2D eigenvalue weighted by Crippen LogP contribution is -2.39. The topological polar surface area (TPSA) is 55.1 Å². The van der Waals surface area contributed by atoms with Gasteiger partial charge in [0, 0.05) is 5.69 Å². The molecule has 3 heteroatoms. The normalized spacial score (nSPS) is 11.5. The van der Waals surface area contributed by atoms with Crippen LogP contribution in [0.5, 0.6) is 0 Å². The highest BCUT2D eigenvalue weighted by Crippen LogP contribution is 2.11. The third kappa shape index (κ3) is 5.32. The second-order valence-corrected chi connectivity index (χ2v) is 4.31. The number of carbonyl (C=O) groups excluding carboxylic acids is 1. The highest BCUT2D eigenvalue weighted by atomic mass is 16.2. The molecular formula is C15H26N2O. The lowest BCUT2D eigenvalue weighted by molar-refractivity contribution is -0.118. The first-order valence-electron chi connectivity index (χ1n) is 6.70. The predicted molar refractivity (Wildman–Crippen MR) is 78.6 cm³/mol. The van der Waals surface area contributed by atoms with Gasteiger partial charge in [-0.25, -0.2) is 0 Å². The van der Waals surface area contributed by atoms with E-state index in [9.17, 15) is 4.79 Å². The SMILES string of the molecule is CC.CCc1ccc(NC(=O)C(N)C(C)C)cc1. The molecule has 1 atom stereocenters. The Morgan fingerprint density at radius 2 is 1.72 bits per heavy atom. The molecule has 0 aliphatic carbocycles. The van der Waals surface area contributed by atoms with Crippen LogP contribution in [0.2, 0.25) is 0 Å². The van der Waals surface area contributed by atoms with Crippen LogP contribution >= 0.6 is 0 Å². The molecule has 0 saturated carbocycles. The number of carbonyl (C=O) groups is 1. The van der Waals surface area contributed by atoms with Gasteiger partial charge in [-0.2, -0.15) is 0 Å². The number of benzene rings is 1. The van der Waals surface area contributed by atoms with Crippen molar-refractivity contribution in [2.24, 2.45) is 11.7 Å². The fourth-order valence-electron chi connectivity index (χ4n) is 1.35. The number of nitrogens with two attached hydrogens (primary N) is 1. The summed E-state index contributed by atoms with van der Waals surface area (Å²) in [7, 11) is 0. The van der Waals surface area contributed by atoms with E-state index in [-0.39, 0.29) is 11.8 Å². The van der Waals surface area contributed by atoms with E-state index in [1.807, 2.05) is 52.0 Å². The summed E-state index contributed by atoms with van der Waals surface area (Å²) in [6, 6.07) is 7.38. The molecule has 18 heavy (non-hydrogen) atoms. The molecule has 1 aromatic carbocycles. The molecular weight excluding hydrogens is 224 g/mol. The third-order valence-electron chi connectivity index (χ3n) is 2.65. The van der Waals surface area contributed by atoms with Crippen molar-refractivity contribution < 1.29 is 4.79 Å². The van der Waals surface area contributed by atoms with Gasteiger partial charge in [0.25, 0.3) is 0 Å². The van der Waals surface area contributed by atoms with E-state index in [1.165, 1.54) is 5.56 Å².